The minimum atomic E-state index is -0.598. The highest BCUT2D eigenvalue weighted by atomic mass is 35.5. The number of amides is 2. The van der Waals surface area contributed by atoms with Crippen LogP contribution in [0.5, 0.6) is 0 Å². The van der Waals surface area contributed by atoms with Gasteiger partial charge in [0, 0.05) is 30.1 Å². The molecule has 1 atom stereocenters. The van der Waals surface area contributed by atoms with Crippen molar-refractivity contribution in [1.82, 2.24) is 10.2 Å². The van der Waals surface area contributed by atoms with Crippen LogP contribution in [-0.4, -0.2) is 42.9 Å². The van der Waals surface area contributed by atoms with Crippen molar-refractivity contribution in [3.05, 3.63) is 34.6 Å². The molecule has 5 nitrogen and oxygen atoms in total. The third kappa shape index (κ3) is 3.96. The number of carbonyl (C=O) groups is 2. The molecule has 136 valence electrons. The van der Waals surface area contributed by atoms with Crippen LogP contribution >= 0.6 is 11.6 Å². The van der Waals surface area contributed by atoms with Crippen molar-refractivity contribution in [3.8, 4) is 0 Å². The van der Waals surface area contributed by atoms with Crippen LogP contribution in [0, 0.1) is 11.7 Å². The number of hydrogen-bond acceptors (Lipinski definition) is 3. The number of nitrogens with one attached hydrogen (secondary N) is 1. The predicted octanol–water partition coefficient (Wildman–Crippen LogP) is 1.82. The summed E-state index contributed by atoms with van der Waals surface area (Å²) >= 11 is 5.81. The number of likely N-dealkylation sites (tertiary alicyclic amines) is 1. The van der Waals surface area contributed by atoms with Crippen molar-refractivity contribution in [2.24, 2.45) is 11.7 Å². The van der Waals surface area contributed by atoms with Gasteiger partial charge in [0.05, 0.1) is 6.04 Å². The van der Waals surface area contributed by atoms with Gasteiger partial charge in [-0.05, 0) is 49.3 Å². The van der Waals surface area contributed by atoms with Gasteiger partial charge in [0.1, 0.15) is 5.82 Å². The average molecular weight is 368 g/mol. The second-order valence-electron chi connectivity index (χ2n) is 7.13. The lowest BCUT2D eigenvalue weighted by atomic mass is 9.89. The Morgan fingerprint density at radius 3 is 2.68 bits per heavy atom. The van der Waals surface area contributed by atoms with E-state index in [-0.39, 0.29) is 23.1 Å². The molecule has 1 aliphatic carbocycles. The van der Waals surface area contributed by atoms with Crippen LogP contribution in [0.15, 0.2) is 18.2 Å². The SMILES string of the molecule is NC(C(=O)NCC1(c2ccc(Cl)cc2F)CC1)C1CCN(C=O)CC1. The molecule has 1 aromatic rings. The first-order chi connectivity index (χ1) is 11.9. The third-order valence-corrected chi connectivity index (χ3v) is 5.73. The molecule has 2 fully saturated rings. The summed E-state index contributed by atoms with van der Waals surface area (Å²) in [6, 6.07) is 4.09. The van der Waals surface area contributed by atoms with Crippen LogP contribution in [0.4, 0.5) is 4.39 Å². The molecule has 0 aromatic heterocycles. The van der Waals surface area contributed by atoms with E-state index in [1.54, 1.807) is 17.0 Å². The van der Waals surface area contributed by atoms with Crippen molar-refractivity contribution >= 4 is 23.9 Å². The first kappa shape index (κ1) is 18.1. The molecule has 0 radical (unpaired) electrons. The third-order valence-electron chi connectivity index (χ3n) is 5.49. The summed E-state index contributed by atoms with van der Waals surface area (Å²) in [4.78, 5) is 24.9. The Hall–Kier alpha value is -1.66. The summed E-state index contributed by atoms with van der Waals surface area (Å²) in [6.07, 6.45) is 3.95. The van der Waals surface area contributed by atoms with Crippen molar-refractivity contribution in [2.45, 2.75) is 37.1 Å². The maximum absolute atomic E-state index is 14.2. The predicted molar refractivity (Wildman–Crippen MR) is 93.7 cm³/mol. The first-order valence-corrected chi connectivity index (χ1v) is 9.01. The number of rotatable bonds is 6. The second-order valence-corrected chi connectivity index (χ2v) is 7.56. The van der Waals surface area contributed by atoms with Gasteiger partial charge in [-0.1, -0.05) is 17.7 Å². The molecule has 0 spiro atoms. The molecule has 7 heteroatoms. The molecule has 1 saturated carbocycles. The Kier molecular flexibility index (Phi) is 5.29. The monoisotopic (exact) mass is 367 g/mol. The van der Waals surface area contributed by atoms with E-state index in [0.29, 0.717) is 30.2 Å². The van der Waals surface area contributed by atoms with E-state index in [1.165, 1.54) is 6.07 Å². The van der Waals surface area contributed by atoms with Gasteiger partial charge in [-0.15, -0.1) is 0 Å². The molecule has 0 bridgehead atoms. The normalized spacial score (nSPS) is 20.8. The lowest BCUT2D eigenvalue weighted by molar-refractivity contribution is -0.124. The van der Waals surface area contributed by atoms with E-state index < -0.39 is 6.04 Å². The molecular weight excluding hydrogens is 345 g/mol. The van der Waals surface area contributed by atoms with Crippen LogP contribution in [0.2, 0.25) is 5.02 Å². The molecule has 25 heavy (non-hydrogen) atoms. The molecule has 2 amide bonds. The molecule has 1 aliphatic heterocycles. The van der Waals surface area contributed by atoms with E-state index in [9.17, 15) is 14.0 Å². The van der Waals surface area contributed by atoms with Gasteiger partial charge >= 0.3 is 0 Å². The quantitative estimate of drug-likeness (QED) is 0.753. The topological polar surface area (TPSA) is 75.4 Å². The van der Waals surface area contributed by atoms with Crippen molar-refractivity contribution < 1.29 is 14.0 Å². The van der Waals surface area contributed by atoms with Gasteiger partial charge in [-0.3, -0.25) is 9.59 Å². The highest BCUT2D eigenvalue weighted by Crippen LogP contribution is 2.48. The summed E-state index contributed by atoms with van der Waals surface area (Å²) < 4.78 is 14.2. The zero-order valence-electron chi connectivity index (χ0n) is 14.0. The van der Waals surface area contributed by atoms with E-state index in [1.807, 2.05) is 0 Å². The Morgan fingerprint density at radius 1 is 1.44 bits per heavy atom. The highest BCUT2D eigenvalue weighted by molar-refractivity contribution is 6.30. The fourth-order valence-electron chi connectivity index (χ4n) is 3.58. The Labute approximate surface area is 151 Å². The van der Waals surface area contributed by atoms with Gasteiger partial charge in [-0.25, -0.2) is 4.39 Å². The lowest BCUT2D eigenvalue weighted by Gasteiger charge is -2.32. The number of benzene rings is 1. The molecular formula is C18H23ClFN3O2. The van der Waals surface area contributed by atoms with Crippen molar-refractivity contribution in [3.63, 3.8) is 0 Å². The van der Waals surface area contributed by atoms with E-state index in [0.717, 1.165) is 32.1 Å². The fraction of sp³-hybridized carbons (Fsp3) is 0.556. The Bertz CT molecular complexity index is 658. The van der Waals surface area contributed by atoms with Crippen LogP contribution in [0.25, 0.3) is 0 Å². The number of nitrogens with two attached hydrogens (primary N) is 1. The first-order valence-electron chi connectivity index (χ1n) is 8.63. The van der Waals surface area contributed by atoms with Gasteiger partial charge in [0.25, 0.3) is 0 Å². The van der Waals surface area contributed by atoms with E-state index >= 15 is 0 Å². The van der Waals surface area contributed by atoms with Crippen molar-refractivity contribution in [1.29, 1.82) is 0 Å². The van der Waals surface area contributed by atoms with Crippen LogP contribution in [0.3, 0.4) is 0 Å². The smallest absolute Gasteiger partial charge is 0.237 e. The zero-order valence-corrected chi connectivity index (χ0v) is 14.8. The number of piperidine rings is 1. The van der Waals surface area contributed by atoms with Crippen LogP contribution in [-0.2, 0) is 15.0 Å². The molecule has 1 aromatic carbocycles. The zero-order chi connectivity index (χ0) is 18.0. The minimum Gasteiger partial charge on any atom is -0.354 e. The van der Waals surface area contributed by atoms with E-state index in [4.69, 9.17) is 17.3 Å². The number of nitrogens with zero attached hydrogens (tertiary/aromatic N) is 1. The highest BCUT2D eigenvalue weighted by Gasteiger charge is 2.46. The maximum Gasteiger partial charge on any atom is 0.237 e. The number of hydrogen-bond donors (Lipinski definition) is 2. The lowest BCUT2D eigenvalue weighted by Crippen LogP contribution is -2.50. The summed E-state index contributed by atoms with van der Waals surface area (Å²) in [5.41, 5.74) is 6.37. The summed E-state index contributed by atoms with van der Waals surface area (Å²) in [7, 11) is 0. The summed E-state index contributed by atoms with van der Waals surface area (Å²) in [5, 5.41) is 3.27. The fourth-order valence-corrected chi connectivity index (χ4v) is 3.74. The number of carbonyl (C=O) groups excluding carboxylic acids is 2. The second kappa shape index (κ2) is 7.30. The summed E-state index contributed by atoms with van der Waals surface area (Å²) in [5.74, 6) is -0.464. The molecule has 3 N–H and O–H groups in total. The standard InChI is InChI=1S/C18H23ClFN3O2/c19-13-1-2-14(15(20)9-13)18(5-6-18)10-22-17(25)16(21)12-3-7-23(11-24)8-4-12/h1-2,9,11-12,16H,3-8,10,21H2,(H,22,25). The minimum absolute atomic E-state index is 0.0682. The summed E-state index contributed by atoms with van der Waals surface area (Å²) in [6.45, 7) is 1.65. The molecule has 1 heterocycles. The molecule has 1 unspecified atom stereocenters. The molecule has 2 aliphatic rings. The largest absolute Gasteiger partial charge is 0.354 e. The maximum atomic E-state index is 14.2. The molecule has 3 rings (SSSR count). The van der Waals surface area contributed by atoms with Gasteiger partial charge in [-0.2, -0.15) is 0 Å². The van der Waals surface area contributed by atoms with Gasteiger partial charge in [0.15, 0.2) is 0 Å². The van der Waals surface area contributed by atoms with Gasteiger partial charge in [0.2, 0.25) is 12.3 Å². The van der Waals surface area contributed by atoms with Gasteiger partial charge < -0.3 is 16.0 Å². The Balaban J connectivity index is 1.56. The number of halogens is 2. The van der Waals surface area contributed by atoms with Crippen molar-refractivity contribution in [2.75, 3.05) is 19.6 Å². The Morgan fingerprint density at radius 2 is 2.12 bits per heavy atom. The molecule has 1 saturated heterocycles. The van der Waals surface area contributed by atoms with Crippen LogP contribution in [0.1, 0.15) is 31.2 Å². The van der Waals surface area contributed by atoms with E-state index in [2.05, 4.69) is 5.32 Å². The van der Waals surface area contributed by atoms with Crippen LogP contribution < -0.4 is 11.1 Å². The average Bonchev–Trinajstić information content (AvgIpc) is 3.40.